The Hall–Kier alpha value is -1.76. The second-order valence-electron chi connectivity index (χ2n) is 6.27. The van der Waals surface area contributed by atoms with E-state index in [1.165, 1.54) is 0 Å². The summed E-state index contributed by atoms with van der Waals surface area (Å²) >= 11 is 12.0. The van der Waals surface area contributed by atoms with Gasteiger partial charge in [0, 0.05) is 16.6 Å². The van der Waals surface area contributed by atoms with E-state index in [-0.39, 0.29) is 6.54 Å². The molecule has 0 aliphatic rings. The largest absolute Gasteiger partial charge is 0.350 e. The minimum atomic E-state index is -3.65. The summed E-state index contributed by atoms with van der Waals surface area (Å²) < 4.78 is 26.0. The highest BCUT2D eigenvalue weighted by molar-refractivity contribution is 7.92. The second-order valence-corrected chi connectivity index (χ2v) is 8.98. The van der Waals surface area contributed by atoms with Crippen LogP contribution in [0.4, 0.5) is 5.69 Å². The number of hydrogen-bond donors (Lipinski definition) is 1. The number of benzene rings is 2. The standard InChI is InChI=1S/C19H22Cl2N2O3S/c1-4-18(19(24)22-12-14-7-8-15(20)11-17(14)21)23(27(3,25)26)16-9-5-13(2)6-10-16/h5-11,18H,4,12H2,1-3H3,(H,22,24)/t18-/m1/s1. The van der Waals surface area contributed by atoms with Crippen LogP contribution in [0, 0.1) is 6.92 Å². The number of nitrogens with one attached hydrogen (secondary N) is 1. The topological polar surface area (TPSA) is 66.5 Å². The van der Waals surface area contributed by atoms with Crippen LogP contribution in [0.15, 0.2) is 42.5 Å². The van der Waals surface area contributed by atoms with Crippen LogP contribution in [-0.4, -0.2) is 26.6 Å². The first-order chi connectivity index (χ1) is 12.6. The van der Waals surface area contributed by atoms with Crippen molar-refractivity contribution in [2.45, 2.75) is 32.9 Å². The van der Waals surface area contributed by atoms with Crippen molar-refractivity contribution in [3.8, 4) is 0 Å². The van der Waals surface area contributed by atoms with E-state index < -0.39 is 22.0 Å². The van der Waals surface area contributed by atoms with Crippen LogP contribution in [0.25, 0.3) is 0 Å². The lowest BCUT2D eigenvalue weighted by Gasteiger charge is -2.30. The average Bonchev–Trinajstić information content (AvgIpc) is 2.58. The van der Waals surface area contributed by atoms with E-state index in [9.17, 15) is 13.2 Å². The summed E-state index contributed by atoms with van der Waals surface area (Å²) in [5.41, 5.74) is 2.15. The van der Waals surface area contributed by atoms with E-state index in [0.717, 1.165) is 16.1 Å². The molecule has 0 saturated carbocycles. The third-order valence-corrected chi connectivity index (χ3v) is 5.85. The molecule has 0 saturated heterocycles. The maximum atomic E-state index is 12.8. The molecule has 2 aromatic carbocycles. The first-order valence-corrected chi connectivity index (χ1v) is 11.0. The van der Waals surface area contributed by atoms with E-state index in [1.807, 2.05) is 19.1 Å². The summed E-state index contributed by atoms with van der Waals surface area (Å²) in [6.45, 7) is 3.86. The van der Waals surface area contributed by atoms with Gasteiger partial charge in [-0.15, -0.1) is 0 Å². The van der Waals surface area contributed by atoms with Gasteiger partial charge < -0.3 is 5.32 Å². The Morgan fingerprint density at radius 2 is 1.78 bits per heavy atom. The molecular formula is C19H22Cl2N2O3S. The Bertz CT molecular complexity index is 915. The van der Waals surface area contributed by atoms with Crippen molar-refractivity contribution in [1.29, 1.82) is 0 Å². The zero-order chi connectivity index (χ0) is 20.2. The van der Waals surface area contributed by atoms with Crippen LogP contribution in [0.3, 0.4) is 0 Å². The Morgan fingerprint density at radius 3 is 2.30 bits per heavy atom. The molecule has 2 rings (SSSR count). The van der Waals surface area contributed by atoms with Gasteiger partial charge >= 0.3 is 0 Å². The molecule has 2 aromatic rings. The Kier molecular flexibility index (Phi) is 7.14. The van der Waals surface area contributed by atoms with Gasteiger partial charge in [0.2, 0.25) is 15.9 Å². The summed E-state index contributed by atoms with van der Waals surface area (Å²) in [4.78, 5) is 12.8. The molecule has 0 radical (unpaired) electrons. The van der Waals surface area contributed by atoms with Crippen molar-refractivity contribution in [1.82, 2.24) is 5.32 Å². The molecule has 1 atom stereocenters. The van der Waals surface area contributed by atoms with Crippen molar-refractivity contribution in [2.24, 2.45) is 0 Å². The monoisotopic (exact) mass is 428 g/mol. The van der Waals surface area contributed by atoms with Gasteiger partial charge in [0.05, 0.1) is 11.9 Å². The molecule has 1 N–H and O–H groups in total. The van der Waals surface area contributed by atoms with E-state index in [2.05, 4.69) is 5.32 Å². The number of rotatable bonds is 7. The molecule has 27 heavy (non-hydrogen) atoms. The fraction of sp³-hybridized carbons (Fsp3) is 0.316. The van der Waals surface area contributed by atoms with Gasteiger partial charge in [-0.25, -0.2) is 8.42 Å². The number of halogens is 2. The Labute approximate surface area is 170 Å². The van der Waals surface area contributed by atoms with Gasteiger partial charge in [0.1, 0.15) is 6.04 Å². The lowest BCUT2D eigenvalue weighted by atomic mass is 10.1. The summed E-state index contributed by atoms with van der Waals surface area (Å²) in [5, 5.41) is 3.71. The molecule has 5 nitrogen and oxygen atoms in total. The highest BCUT2D eigenvalue weighted by atomic mass is 35.5. The number of aryl methyl sites for hydroxylation is 1. The summed E-state index contributed by atoms with van der Waals surface area (Å²) in [7, 11) is -3.65. The van der Waals surface area contributed by atoms with Gasteiger partial charge in [0.15, 0.2) is 0 Å². The molecule has 0 spiro atoms. The molecule has 0 bridgehead atoms. The van der Waals surface area contributed by atoms with Gasteiger partial charge in [-0.1, -0.05) is 53.9 Å². The Morgan fingerprint density at radius 1 is 1.15 bits per heavy atom. The van der Waals surface area contributed by atoms with Gasteiger partial charge in [-0.2, -0.15) is 0 Å². The number of hydrogen-bond acceptors (Lipinski definition) is 3. The highest BCUT2D eigenvalue weighted by Crippen LogP contribution is 2.24. The van der Waals surface area contributed by atoms with Crippen LogP contribution in [0.1, 0.15) is 24.5 Å². The number of carbonyl (C=O) groups is 1. The molecule has 0 unspecified atom stereocenters. The zero-order valence-corrected chi connectivity index (χ0v) is 17.7. The van der Waals surface area contributed by atoms with Crippen LogP contribution in [-0.2, 0) is 21.4 Å². The predicted octanol–water partition coefficient (Wildman–Crippen LogP) is 4.16. The maximum Gasteiger partial charge on any atom is 0.244 e. The number of carbonyl (C=O) groups excluding carboxylic acids is 1. The van der Waals surface area contributed by atoms with Crippen molar-refractivity contribution < 1.29 is 13.2 Å². The lowest BCUT2D eigenvalue weighted by molar-refractivity contribution is -0.122. The van der Waals surface area contributed by atoms with Crippen molar-refractivity contribution in [3.63, 3.8) is 0 Å². The SMILES string of the molecule is CC[C@H](C(=O)NCc1ccc(Cl)cc1Cl)N(c1ccc(C)cc1)S(C)(=O)=O. The Balaban J connectivity index is 2.25. The van der Waals surface area contributed by atoms with Gasteiger partial charge in [-0.05, 0) is 43.2 Å². The molecule has 0 fully saturated rings. The first kappa shape index (κ1) is 21.5. The number of sulfonamides is 1. The van der Waals surface area contributed by atoms with Gasteiger partial charge in [0.25, 0.3) is 0 Å². The molecule has 0 heterocycles. The highest BCUT2D eigenvalue weighted by Gasteiger charge is 2.31. The fourth-order valence-corrected chi connectivity index (χ4v) is 4.40. The molecule has 0 aromatic heterocycles. The third kappa shape index (κ3) is 5.61. The second kappa shape index (κ2) is 8.95. The fourth-order valence-electron chi connectivity index (χ4n) is 2.72. The van der Waals surface area contributed by atoms with Crippen molar-refractivity contribution >= 4 is 44.8 Å². The third-order valence-electron chi connectivity index (χ3n) is 4.09. The van der Waals surface area contributed by atoms with Crippen LogP contribution < -0.4 is 9.62 Å². The molecule has 1 amide bonds. The molecule has 0 aliphatic carbocycles. The van der Waals surface area contributed by atoms with E-state index >= 15 is 0 Å². The quantitative estimate of drug-likeness (QED) is 0.719. The lowest BCUT2D eigenvalue weighted by Crippen LogP contribution is -2.49. The van der Waals surface area contributed by atoms with E-state index in [0.29, 0.717) is 27.7 Å². The number of anilines is 1. The summed E-state index contributed by atoms with van der Waals surface area (Å²) in [6, 6.07) is 11.1. The summed E-state index contributed by atoms with van der Waals surface area (Å²) in [6.07, 6.45) is 1.42. The van der Waals surface area contributed by atoms with Gasteiger partial charge in [-0.3, -0.25) is 9.10 Å². The molecule has 0 aliphatic heterocycles. The molecule has 8 heteroatoms. The minimum Gasteiger partial charge on any atom is -0.350 e. The van der Waals surface area contributed by atoms with Crippen LogP contribution in [0.2, 0.25) is 10.0 Å². The summed E-state index contributed by atoms with van der Waals surface area (Å²) in [5.74, 6) is -0.394. The average molecular weight is 429 g/mol. The van der Waals surface area contributed by atoms with E-state index in [1.54, 1.807) is 37.3 Å². The zero-order valence-electron chi connectivity index (χ0n) is 15.4. The number of nitrogens with zero attached hydrogens (tertiary/aromatic N) is 1. The molecular weight excluding hydrogens is 407 g/mol. The van der Waals surface area contributed by atoms with E-state index in [4.69, 9.17) is 23.2 Å². The predicted molar refractivity (Wildman–Crippen MR) is 111 cm³/mol. The van der Waals surface area contributed by atoms with Crippen molar-refractivity contribution in [2.75, 3.05) is 10.6 Å². The normalized spacial score (nSPS) is 12.5. The first-order valence-electron chi connectivity index (χ1n) is 8.41. The molecule has 146 valence electrons. The van der Waals surface area contributed by atoms with Crippen LogP contribution in [0.5, 0.6) is 0 Å². The number of amides is 1. The van der Waals surface area contributed by atoms with Crippen LogP contribution >= 0.6 is 23.2 Å². The maximum absolute atomic E-state index is 12.8. The minimum absolute atomic E-state index is 0.177. The van der Waals surface area contributed by atoms with Crippen molar-refractivity contribution in [3.05, 3.63) is 63.6 Å². The smallest absolute Gasteiger partial charge is 0.244 e.